The minimum Gasteiger partial charge on any atom is -0.487 e. The van der Waals surface area contributed by atoms with Gasteiger partial charge in [0.05, 0.1) is 17.5 Å². The molecule has 0 radical (unpaired) electrons. The highest BCUT2D eigenvalue weighted by Crippen LogP contribution is 2.25. The Morgan fingerprint density at radius 1 is 1.10 bits per heavy atom. The van der Waals surface area contributed by atoms with Crippen LogP contribution in [0.5, 0.6) is 5.75 Å². The molecule has 1 saturated heterocycles. The first kappa shape index (κ1) is 21.2. The van der Waals surface area contributed by atoms with E-state index in [9.17, 15) is 5.11 Å². The van der Waals surface area contributed by atoms with E-state index in [4.69, 9.17) is 4.74 Å². The van der Waals surface area contributed by atoms with Crippen LogP contribution >= 0.6 is 0 Å². The zero-order valence-electron chi connectivity index (χ0n) is 17.9. The van der Waals surface area contributed by atoms with Crippen LogP contribution in [0.3, 0.4) is 0 Å². The molecule has 0 aliphatic carbocycles. The summed E-state index contributed by atoms with van der Waals surface area (Å²) < 4.78 is 5.81. The largest absolute Gasteiger partial charge is 0.487 e. The topological polar surface area (TPSA) is 74.6 Å². The fourth-order valence-electron chi connectivity index (χ4n) is 4.09. The SMILES string of the molecule is CN(Cc1ccc(OCc2ccccn2)cc1)C[C@]1(O)CCCN(c2cnccn2)C1. The van der Waals surface area contributed by atoms with Crippen molar-refractivity contribution in [3.63, 3.8) is 0 Å². The lowest BCUT2D eigenvalue weighted by molar-refractivity contribution is -0.00349. The Bertz CT molecular complexity index is 939. The van der Waals surface area contributed by atoms with Gasteiger partial charge in [-0.1, -0.05) is 18.2 Å². The summed E-state index contributed by atoms with van der Waals surface area (Å²) in [4.78, 5) is 17.1. The predicted octanol–water partition coefficient (Wildman–Crippen LogP) is 2.91. The first-order valence-electron chi connectivity index (χ1n) is 10.6. The van der Waals surface area contributed by atoms with E-state index in [1.54, 1.807) is 24.8 Å². The number of nitrogens with zero attached hydrogens (tertiary/aromatic N) is 5. The van der Waals surface area contributed by atoms with E-state index in [0.717, 1.165) is 43.2 Å². The van der Waals surface area contributed by atoms with Crippen LogP contribution in [0, 0.1) is 0 Å². The molecule has 162 valence electrons. The first-order chi connectivity index (χ1) is 15.1. The Morgan fingerprint density at radius 2 is 1.97 bits per heavy atom. The molecule has 2 aromatic heterocycles. The average molecular weight is 420 g/mol. The van der Waals surface area contributed by atoms with Crippen LogP contribution in [0.1, 0.15) is 24.1 Å². The van der Waals surface area contributed by atoms with Crippen molar-refractivity contribution in [1.82, 2.24) is 19.9 Å². The van der Waals surface area contributed by atoms with Gasteiger partial charge < -0.3 is 14.7 Å². The molecule has 4 rings (SSSR count). The van der Waals surface area contributed by atoms with Crippen molar-refractivity contribution in [2.75, 3.05) is 31.6 Å². The van der Waals surface area contributed by atoms with Crippen LogP contribution in [-0.4, -0.2) is 57.2 Å². The Balaban J connectivity index is 1.29. The van der Waals surface area contributed by atoms with Gasteiger partial charge >= 0.3 is 0 Å². The van der Waals surface area contributed by atoms with Crippen LogP contribution < -0.4 is 9.64 Å². The van der Waals surface area contributed by atoms with Crippen LogP contribution in [0.2, 0.25) is 0 Å². The fraction of sp³-hybridized carbons (Fsp3) is 0.375. The maximum absolute atomic E-state index is 11.2. The second-order valence-corrected chi connectivity index (χ2v) is 8.24. The summed E-state index contributed by atoms with van der Waals surface area (Å²) in [6, 6.07) is 13.9. The fourth-order valence-corrected chi connectivity index (χ4v) is 4.09. The normalized spacial score (nSPS) is 18.9. The van der Waals surface area contributed by atoms with Gasteiger partial charge in [-0.25, -0.2) is 4.98 Å². The molecule has 1 aliphatic rings. The Morgan fingerprint density at radius 3 is 2.71 bits per heavy atom. The summed E-state index contributed by atoms with van der Waals surface area (Å²) in [5.74, 6) is 1.65. The maximum Gasteiger partial charge on any atom is 0.147 e. The maximum atomic E-state index is 11.2. The molecule has 0 amide bonds. The van der Waals surface area contributed by atoms with E-state index in [0.29, 0.717) is 19.7 Å². The number of anilines is 1. The standard InChI is InChI=1S/C24H29N5O2/c1-28(18-24(30)10-4-14-29(19-24)23-15-25-12-13-27-23)16-20-6-8-22(9-7-20)31-17-21-5-2-3-11-26-21/h2-3,5-9,11-13,15,30H,4,10,14,16-19H2,1H3/t24-/m1/s1. The third kappa shape index (κ3) is 5.99. The van der Waals surface area contributed by atoms with Crippen molar-refractivity contribution in [2.24, 2.45) is 0 Å². The number of likely N-dealkylation sites (N-methyl/N-ethyl adjacent to an activating group) is 1. The molecule has 7 nitrogen and oxygen atoms in total. The number of aliphatic hydroxyl groups is 1. The van der Waals surface area contributed by atoms with Crippen LogP contribution in [0.15, 0.2) is 67.3 Å². The van der Waals surface area contributed by atoms with Crippen LogP contribution in [0.4, 0.5) is 5.82 Å². The zero-order valence-corrected chi connectivity index (χ0v) is 17.9. The number of aromatic nitrogens is 3. The molecule has 0 spiro atoms. The Kier molecular flexibility index (Phi) is 6.74. The Hall–Kier alpha value is -3.03. The van der Waals surface area contributed by atoms with E-state index in [1.807, 2.05) is 37.4 Å². The number of rotatable bonds is 8. The predicted molar refractivity (Wildman–Crippen MR) is 120 cm³/mol. The minimum absolute atomic E-state index is 0.454. The lowest BCUT2D eigenvalue weighted by atomic mass is 9.92. The van der Waals surface area contributed by atoms with Gasteiger partial charge in [-0.2, -0.15) is 0 Å². The van der Waals surface area contributed by atoms with Gasteiger partial charge in [-0.05, 0) is 49.7 Å². The van der Waals surface area contributed by atoms with Crippen molar-refractivity contribution in [3.05, 3.63) is 78.5 Å². The van der Waals surface area contributed by atoms with E-state index in [2.05, 4.69) is 36.9 Å². The second-order valence-electron chi connectivity index (χ2n) is 8.24. The number of ether oxygens (including phenoxy) is 1. The van der Waals surface area contributed by atoms with Crippen molar-refractivity contribution >= 4 is 5.82 Å². The second kappa shape index (κ2) is 9.85. The highest BCUT2D eigenvalue weighted by Gasteiger charge is 2.34. The van der Waals surface area contributed by atoms with E-state index >= 15 is 0 Å². The molecule has 1 fully saturated rings. The molecular formula is C24H29N5O2. The van der Waals surface area contributed by atoms with Gasteiger partial charge in [0.15, 0.2) is 0 Å². The monoisotopic (exact) mass is 419 g/mol. The van der Waals surface area contributed by atoms with Crippen molar-refractivity contribution in [1.29, 1.82) is 0 Å². The van der Waals surface area contributed by atoms with E-state index < -0.39 is 5.60 Å². The van der Waals surface area contributed by atoms with Crippen molar-refractivity contribution < 1.29 is 9.84 Å². The number of hydrogen-bond donors (Lipinski definition) is 1. The van der Waals surface area contributed by atoms with Gasteiger partial charge in [0.25, 0.3) is 0 Å². The molecule has 0 unspecified atom stereocenters. The molecule has 7 heteroatoms. The molecule has 0 bridgehead atoms. The summed E-state index contributed by atoms with van der Waals surface area (Å²) in [5, 5.41) is 11.2. The van der Waals surface area contributed by atoms with Crippen molar-refractivity contribution in [2.45, 2.75) is 31.6 Å². The van der Waals surface area contributed by atoms with Gasteiger partial charge in [-0.15, -0.1) is 0 Å². The highest BCUT2D eigenvalue weighted by atomic mass is 16.5. The summed E-state index contributed by atoms with van der Waals surface area (Å²) in [5.41, 5.74) is 1.32. The van der Waals surface area contributed by atoms with Gasteiger partial charge in [0, 0.05) is 44.8 Å². The molecule has 1 N–H and O–H groups in total. The lowest BCUT2D eigenvalue weighted by Gasteiger charge is -2.41. The quantitative estimate of drug-likeness (QED) is 0.602. The molecule has 1 aliphatic heterocycles. The molecule has 3 aromatic rings. The summed E-state index contributed by atoms with van der Waals surface area (Å²) in [7, 11) is 2.05. The Labute approximate surface area is 183 Å². The average Bonchev–Trinajstić information content (AvgIpc) is 2.79. The molecule has 31 heavy (non-hydrogen) atoms. The zero-order chi connectivity index (χ0) is 21.5. The van der Waals surface area contributed by atoms with Gasteiger partial charge in [0.1, 0.15) is 18.2 Å². The smallest absolute Gasteiger partial charge is 0.147 e. The summed E-state index contributed by atoms with van der Waals surface area (Å²) in [6.45, 7) is 3.27. The molecule has 1 aromatic carbocycles. The lowest BCUT2D eigenvalue weighted by Crippen LogP contribution is -2.54. The number of benzene rings is 1. The molecular weight excluding hydrogens is 390 g/mol. The molecule has 1 atom stereocenters. The van der Waals surface area contributed by atoms with Gasteiger partial charge in [-0.3, -0.25) is 14.9 Å². The molecule has 3 heterocycles. The van der Waals surface area contributed by atoms with Gasteiger partial charge in [0.2, 0.25) is 0 Å². The number of piperidine rings is 1. The molecule has 0 saturated carbocycles. The van der Waals surface area contributed by atoms with Crippen molar-refractivity contribution in [3.8, 4) is 5.75 Å². The number of β-amino-alcohol motifs (C(OH)–C–C–N with tert-alkyl or cyclic N) is 1. The van der Waals surface area contributed by atoms with Crippen LogP contribution in [0.25, 0.3) is 0 Å². The third-order valence-corrected chi connectivity index (χ3v) is 5.48. The number of pyridine rings is 1. The summed E-state index contributed by atoms with van der Waals surface area (Å²) in [6.07, 6.45) is 8.61. The minimum atomic E-state index is -0.768. The number of hydrogen-bond acceptors (Lipinski definition) is 7. The van der Waals surface area contributed by atoms with E-state index in [-0.39, 0.29) is 0 Å². The highest BCUT2D eigenvalue weighted by molar-refractivity contribution is 5.36. The first-order valence-corrected chi connectivity index (χ1v) is 10.6. The third-order valence-electron chi connectivity index (χ3n) is 5.48. The van der Waals surface area contributed by atoms with E-state index in [1.165, 1.54) is 5.56 Å². The van der Waals surface area contributed by atoms with Crippen LogP contribution in [-0.2, 0) is 13.2 Å². The summed E-state index contributed by atoms with van der Waals surface area (Å²) >= 11 is 0.